The zero-order valence-corrected chi connectivity index (χ0v) is 13.5. The van der Waals surface area contributed by atoms with Gasteiger partial charge >= 0.3 is 5.69 Å². The first-order chi connectivity index (χ1) is 10.9. The zero-order chi connectivity index (χ0) is 17.0. The molecule has 2 N–H and O–H groups in total. The van der Waals surface area contributed by atoms with Crippen molar-refractivity contribution in [1.29, 1.82) is 0 Å². The zero-order valence-electron chi connectivity index (χ0n) is 13.5. The van der Waals surface area contributed by atoms with Crippen molar-refractivity contribution in [3.8, 4) is 0 Å². The maximum Gasteiger partial charge on any atom is 0.347 e. The highest BCUT2D eigenvalue weighted by atomic mass is 16.3. The van der Waals surface area contributed by atoms with E-state index in [4.69, 9.17) is 0 Å². The van der Waals surface area contributed by atoms with Gasteiger partial charge in [0.05, 0.1) is 6.54 Å². The molecule has 0 radical (unpaired) electrons. The number of hydrogen-bond donors (Lipinski definition) is 2. The number of aromatic nitrogens is 4. The van der Waals surface area contributed by atoms with Crippen molar-refractivity contribution in [2.24, 2.45) is 7.05 Å². The average Bonchev–Trinajstić information content (AvgIpc) is 2.89. The van der Waals surface area contributed by atoms with E-state index in [-0.39, 0.29) is 31.1 Å². The standard InChI is InChI=1S/C15H21N5O3/c1-10-8-11(2)20(15(23)18-10)6-4-13(22)17-9-12(21)14-16-5-7-19(14)3/h5,7-8,12,21H,4,6,9H2,1-3H3,(H,17,22)/t12-/m0/s1. The topological polar surface area (TPSA) is 102 Å². The quantitative estimate of drug-likeness (QED) is 0.770. The monoisotopic (exact) mass is 319 g/mol. The van der Waals surface area contributed by atoms with Gasteiger partial charge in [-0.15, -0.1) is 0 Å². The molecule has 2 rings (SSSR count). The molecular weight excluding hydrogens is 298 g/mol. The maximum absolute atomic E-state index is 11.9. The molecule has 0 unspecified atom stereocenters. The van der Waals surface area contributed by atoms with E-state index >= 15 is 0 Å². The highest BCUT2D eigenvalue weighted by molar-refractivity contribution is 5.75. The Morgan fingerprint density at radius 2 is 2.17 bits per heavy atom. The highest BCUT2D eigenvalue weighted by Gasteiger charge is 2.14. The molecule has 1 atom stereocenters. The van der Waals surface area contributed by atoms with Crippen LogP contribution < -0.4 is 11.0 Å². The van der Waals surface area contributed by atoms with Gasteiger partial charge in [-0.1, -0.05) is 0 Å². The van der Waals surface area contributed by atoms with E-state index in [1.54, 1.807) is 43.9 Å². The largest absolute Gasteiger partial charge is 0.383 e. The van der Waals surface area contributed by atoms with Gasteiger partial charge in [-0.05, 0) is 19.9 Å². The second-order valence-electron chi connectivity index (χ2n) is 5.44. The second-order valence-corrected chi connectivity index (χ2v) is 5.44. The van der Waals surface area contributed by atoms with Gasteiger partial charge < -0.3 is 15.0 Å². The first-order valence-corrected chi connectivity index (χ1v) is 7.35. The number of nitrogens with one attached hydrogen (secondary N) is 1. The molecule has 124 valence electrons. The van der Waals surface area contributed by atoms with Crippen molar-refractivity contribution >= 4 is 5.91 Å². The number of amides is 1. The maximum atomic E-state index is 11.9. The summed E-state index contributed by atoms with van der Waals surface area (Å²) in [5.74, 6) is 0.241. The average molecular weight is 319 g/mol. The van der Waals surface area contributed by atoms with Crippen LogP contribution in [0.2, 0.25) is 0 Å². The van der Waals surface area contributed by atoms with Gasteiger partial charge in [0.25, 0.3) is 0 Å². The van der Waals surface area contributed by atoms with Crippen LogP contribution in [-0.4, -0.2) is 36.7 Å². The number of carbonyl (C=O) groups excluding carboxylic acids is 1. The van der Waals surface area contributed by atoms with Crippen molar-refractivity contribution in [3.05, 3.63) is 46.2 Å². The molecule has 2 aromatic rings. The molecule has 8 heteroatoms. The van der Waals surface area contributed by atoms with E-state index < -0.39 is 6.10 Å². The van der Waals surface area contributed by atoms with E-state index in [0.29, 0.717) is 11.5 Å². The summed E-state index contributed by atoms with van der Waals surface area (Å²) >= 11 is 0. The van der Waals surface area contributed by atoms with Gasteiger partial charge in [-0.3, -0.25) is 9.36 Å². The molecule has 1 amide bonds. The van der Waals surface area contributed by atoms with Gasteiger partial charge in [0, 0.05) is 43.8 Å². The number of carbonyl (C=O) groups is 1. The van der Waals surface area contributed by atoms with Crippen LogP contribution in [0, 0.1) is 13.8 Å². The predicted molar refractivity (Wildman–Crippen MR) is 83.8 cm³/mol. The molecular formula is C15H21N5O3. The third kappa shape index (κ3) is 4.26. The van der Waals surface area contributed by atoms with Crippen molar-refractivity contribution in [3.63, 3.8) is 0 Å². The molecule has 23 heavy (non-hydrogen) atoms. The molecule has 0 aliphatic rings. The van der Waals surface area contributed by atoms with Crippen LogP contribution in [0.25, 0.3) is 0 Å². The van der Waals surface area contributed by atoms with Crippen LogP contribution in [-0.2, 0) is 18.4 Å². The number of aliphatic hydroxyl groups is 1. The molecule has 0 bridgehead atoms. The van der Waals surface area contributed by atoms with Gasteiger partial charge in [0.2, 0.25) is 5.91 Å². The minimum atomic E-state index is -0.871. The SMILES string of the molecule is Cc1cc(C)n(CCC(=O)NC[C@H](O)c2nccn2C)c(=O)n1. The number of aliphatic hydroxyl groups excluding tert-OH is 1. The third-order valence-corrected chi connectivity index (χ3v) is 3.56. The van der Waals surface area contributed by atoms with Crippen LogP contribution >= 0.6 is 0 Å². The van der Waals surface area contributed by atoms with Crippen LogP contribution in [0.5, 0.6) is 0 Å². The van der Waals surface area contributed by atoms with E-state index in [1.807, 2.05) is 0 Å². The Labute approximate surface area is 133 Å². The number of rotatable bonds is 6. The van der Waals surface area contributed by atoms with Crippen LogP contribution in [0.15, 0.2) is 23.3 Å². The normalized spacial score (nSPS) is 12.2. The van der Waals surface area contributed by atoms with E-state index in [1.165, 1.54) is 4.57 Å². The van der Waals surface area contributed by atoms with Crippen molar-refractivity contribution in [1.82, 2.24) is 24.4 Å². The summed E-state index contributed by atoms with van der Waals surface area (Å²) < 4.78 is 3.15. The molecule has 0 saturated heterocycles. The summed E-state index contributed by atoms with van der Waals surface area (Å²) in [6, 6.07) is 1.80. The van der Waals surface area contributed by atoms with E-state index in [9.17, 15) is 14.7 Å². The lowest BCUT2D eigenvalue weighted by Crippen LogP contribution is -2.32. The molecule has 8 nitrogen and oxygen atoms in total. The summed E-state index contributed by atoms with van der Waals surface area (Å²) in [6.45, 7) is 3.88. The van der Waals surface area contributed by atoms with Gasteiger partial charge in [-0.25, -0.2) is 9.78 Å². The molecule has 0 aliphatic carbocycles. The number of nitrogens with zero attached hydrogens (tertiary/aromatic N) is 4. The summed E-state index contributed by atoms with van der Waals surface area (Å²) in [7, 11) is 1.77. The Kier molecular flexibility index (Phi) is 5.28. The summed E-state index contributed by atoms with van der Waals surface area (Å²) in [4.78, 5) is 31.6. The molecule has 0 spiro atoms. The molecule has 0 aliphatic heterocycles. The summed E-state index contributed by atoms with van der Waals surface area (Å²) in [5.41, 5.74) is 1.07. The molecule has 2 aromatic heterocycles. The number of imidazole rings is 1. The molecule has 2 heterocycles. The number of aryl methyl sites for hydroxylation is 3. The Hall–Kier alpha value is -2.48. The van der Waals surface area contributed by atoms with Gasteiger partial charge in [0.1, 0.15) is 11.9 Å². The molecule has 0 fully saturated rings. The predicted octanol–water partition coefficient (Wildman–Crippen LogP) is -0.166. The Bertz CT molecular complexity index is 750. The van der Waals surface area contributed by atoms with Crippen LogP contribution in [0.3, 0.4) is 0 Å². The van der Waals surface area contributed by atoms with Crippen molar-refractivity contribution < 1.29 is 9.90 Å². The van der Waals surface area contributed by atoms with Crippen molar-refractivity contribution in [2.75, 3.05) is 6.54 Å². The fourth-order valence-electron chi connectivity index (χ4n) is 2.35. The summed E-state index contributed by atoms with van der Waals surface area (Å²) in [5, 5.41) is 12.6. The van der Waals surface area contributed by atoms with Gasteiger partial charge in [-0.2, -0.15) is 4.98 Å². The fraction of sp³-hybridized carbons (Fsp3) is 0.467. The minimum Gasteiger partial charge on any atom is -0.383 e. The number of hydrogen-bond acceptors (Lipinski definition) is 5. The van der Waals surface area contributed by atoms with Crippen molar-refractivity contribution in [2.45, 2.75) is 32.9 Å². The molecule has 0 saturated carbocycles. The Balaban J connectivity index is 1.87. The fourth-order valence-corrected chi connectivity index (χ4v) is 2.35. The highest BCUT2D eigenvalue weighted by Crippen LogP contribution is 2.07. The lowest BCUT2D eigenvalue weighted by atomic mass is 10.3. The first kappa shape index (κ1) is 16.9. The van der Waals surface area contributed by atoms with Crippen LogP contribution in [0.1, 0.15) is 29.7 Å². The lowest BCUT2D eigenvalue weighted by molar-refractivity contribution is -0.121. The van der Waals surface area contributed by atoms with E-state index in [0.717, 1.165) is 5.69 Å². The molecule has 0 aromatic carbocycles. The smallest absolute Gasteiger partial charge is 0.347 e. The lowest BCUT2D eigenvalue weighted by Gasteiger charge is -2.13. The van der Waals surface area contributed by atoms with E-state index in [2.05, 4.69) is 15.3 Å². The Morgan fingerprint density at radius 1 is 1.43 bits per heavy atom. The Morgan fingerprint density at radius 3 is 2.78 bits per heavy atom. The summed E-state index contributed by atoms with van der Waals surface area (Å²) in [6.07, 6.45) is 2.57. The first-order valence-electron chi connectivity index (χ1n) is 7.35. The minimum absolute atomic E-state index is 0.0731. The van der Waals surface area contributed by atoms with Gasteiger partial charge in [0.15, 0.2) is 0 Å². The second kappa shape index (κ2) is 7.19. The van der Waals surface area contributed by atoms with Crippen LogP contribution in [0.4, 0.5) is 0 Å². The third-order valence-electron chi connectivity index (χ3n) is 3.56.